The molecule has 3 fully saturated rings. The van der Waals surface area contributed by atoms with Gasteiger partial charge in [-0.25, -0.2) is 0 Å². The highest BCUT2D eigenvalue weighted by atomic mass is 16.2. The summed E-state index contributed by atoms with van der Waals surface area (Å²) in [5.41, 5.74) is 3.34. The van der Waals surface area contributed by atoms with E-state index < -0.39 is 11.8 Å². The van der Waals surface area contributed by atoms with Crippen molar-refractivity contribution < 1.29 is 19.2 Å². The van der Waals surface area contributed by atoms with E-state index >= 15 is 0 Å². The van der Waals surface area contributed by atoms with Crippen molar-refractivity contribution in [3.63, 3.8) is 0 Å². The van der Waals surface area contributed by atoms with Gasteiger partial charge in [-0.1, -0.05) is 151 Å². The molecule has 0 aromatic heterocycles. The first-order valence-electron chi connectivity index (χ1n) is 21.8. The second kappa shape index (κ2) is 21.2. The van der Waals surface area contributed by atoms with E-state index in [4.69, 9.17) is 0 Å². The molecule has 3 N–H and O–H groups in total. The third-order valence-electron chi connectivity index (χ3n) is 12.2. The van der Waals surface area contributed by atoms with E-state index in [2.05, 4.69) is 47.1 Å². The van der Waals surface area contributed by atoms with E-state index in [0.29, 0.717) is 17.7 Å². The first kappa shape index (κ1) is 41.2. The van der Waals surface area contributed by atoms with Gasteiger partial charge in [0.1, 0.15) is 0 Å². The fourth-order valence-electron chi connectivity index (χ4n) is 8.50. The molecular formula is C48H64N4O4. The number of hydrogen-bond donors (Lipinski definition) is 3. The highest BCUT2D eigenvalue weighted by molar-refractivity contribution is 5.99. The topological polar surface area (TPSA) is 108 Å². The number of nitrogens with zero attached hydrogens (tertiary/aromatic N) is 1. The molecule has 6 rings (SSSR count). The minimum atomic E-state index is -0.648. The van der Waals surface area contributed by atoms with Gasteiger partial charge in [-0.2, -0.15) is 0 Å². The molecule has 0 radical (unpaired) electrons. The Morgan fingerprint density at radius 3 is 1.39 bits per heavy atom. The summed E-state index contributed by atoms with van der Waals surface area (Å²) in [5.74, 6) is -1.50. The van der Waals surface area contributed by atoms with Crippen molar-refractivity contribution in [2.45, 2.75) is 134 Å². The van der Waals surface area contributed by atoms with Crippen LogP contribution in [0.1, 0.15) is 153 Å². The Kier molecular flexibility index (Phi) is 15.6. The molecule has 0 bridgehead atoms. The van der Waals surface area contributed by atoms with Crippen molar-refractivity contribution in [3.05, 3.63) is 107 Å². The van der Waals surface area contributed by atoms with Crippen molar-refractivity contribution in [1.29, 1.82) is 0 Å². The molecule has 1 saturated heterocycles. The molecule has 2 saturated carbocycles. The molecule has 4 amide bonds. The summed E-state index contributed by atoms with van der Waals surface area (Å²) in [6, 6.07) is 27.1. The summed E-state index contributed by atoms with van der Waals surface area (Å²) >= 11 is 0. The Bertz CT molecular complexity index is 1620. The smallest absolute Gasteiger partial charge is 0.253 e. The van der Waals surface area contributed by atoms with Crippen molar-refractivity contribution in [2.75, 3.05) is 19.6 Å². The molecule has 0 unspecified atom stereocenters. The van der Waals surface area contributed by atoms with E-state index in [0.717, 1.165) is 25.7 Å². The molecule has 2 aliphatic carbocycles. The van der Waals surface area contributed by atoms with E-state index in [-0.39, 0.29) is 60.6 Å². The number of carbonyl (C=O) groups is 4. The minimum Gasteiger partial charge on any atom is -0.352 e. The molecule has 1 aliphatic heterocycles. The Balaban J connectivity index is 0.937. The number of benzene rings is 3. The van der Waals surface area contributed by atoms with Crippen LogP contribution in [-0.2, 0) is 9.59 Å². The van der Waals surface area contributed by atoms with Gasteiger partial charge in [-0.3, -0.25) is 19.2 Å². The summed E-state index contributed by atoms with van der Waals surface area (Å²) in [5, 5.41) is 9.42. The van der Waals surface area contributed by atoms with Crippen LogP contribution in [0.4, 0.5) is 0 Å². The summed E-state index contributed by atoms with van der Waals surface area (Å²) in [6.45, 7) is 3.24. The summed E-state index contributed by atoms with van der Waals surface area (Å²) in [4.78, 5) is 55.8. The zero-order chi connectivity index (χ0) is 39.1. The van der Waals surface area contributed by atoms with Gasteiger partial charge < -0.3 is 20.9 Å². The third-order valence-corrected chi connectivity index (χ3v) is 12.2. The number of unbranched alkanes of at least 4 members (excludes halogenated alkanes) is 13. The maximum atomic E-state index is 13.8. The standard InChI is InChI=1S/C48H64N4O4/c1-2-3-4-5-6-7-8-9-10-11-12-13-14-21-30-49-45(53)37-26-28-38(29-27-37)48(56)52-33-41(46(54)50-43-31-39(43)35-22-17-15-18-23-35)42(34-52)47(55)51-44-32-40(44)36-24-19-16-20-25-36/h15-20,22-29,39-44H,2-14,21,30-34H2,1H3,(H,49,53)(H,50,54)(H,51,55)/t39-,40-,41-,42-,43+,44+/m1/s1. The van der Waals surface area contributed by atoms with Gasteiger partial charge in [0, 0.05) is 54.7 Å². The van der Waals surface area contributed by atoms with Crippen molar-refractivity contribution in [1.82, 2.24) is 20.9 Å². The van der Waals surface area contributed by atoms with Crippen LogP contribution in [0.3, 0.4) is 0 Å². The molecule has 3 aromatic carbocycles. The number of amides is 4. The second-order valence-corrected chi connectivity index (χ2v) is 16.6. The second-order valence-electron chi connectivity index (χ2n) is 16.6. The molecule has 56 heavy (non-hydrogen) atoms. The first-order valence-corrected chi connectivity index (χ1v) is 21.8. The lowest BCUT2D eigenvalue weighted by Gasteiger charge is -2.18. The Labute approximate surface area is 335 Å². The zero-order valence-electron chi connectivity index (χ0n) is 33.6. The van der Waals surface area contributed by atoms with Crippen LogP contribution < -0.4 is 16.0 Å². The highest BCUT2D eigenvalue weighted by Crippen LogP contribution is 2.42. The van der Waals surface area contributed by atoms with E-state index in [1.165, 1.54) is 88.2 Å². The number of rotatable bonds is 23. The van der Waals surface area contributed by atoms with Crippen molar-refractivity contribution >= 4 is 23.6 Å². The molecule has 8 heteroatoms. The molecular weight excluding hydrogens is 697 g/mol. The first-order chi connectivity index (χ1) is 27.4. The lowest BCUT2D eigenvalue weighted by molar-refractivity contribution is -0.133. The number of carbonyl (C=O) groups excluding carboxylic acids is 4. The predicted molar refractivity (Wildman–Crippen MR) is 223 cm³/mol. The zero-order valence-corrected chi connectivity index (χ0v) is 33.6. The number of nitrogens with one attached hydrogen (secondary N) is 3. The fraction of sp³-hybridized carbons (Fsp3) is 0.542. The summed E-state index contributed by atoms with van der Waals surface area (Å²) in [6.07, 6.45) is 19.9. The maximum absolute atomic E-state index is 13.8. The molecule has 1 heterocycles. The maximum Gasteiger partial charge on any atom is 0.253 e. The van der Waals surface area contributed by atoms with Gasteiger partial charge in [0.2, 0.25) is 11.8 Å². The molecule has 3 aromatic rings. The van der Waals surface area contributed by atoms with Crippen LogP contribution in [-0.4, -0.2) is 60.2 Å². The number of likely N-dealkylation sites (tertiary alicyclic amines) is 1. The lowest BCUT2D eigenvalue weighted by Crippen LogP contribution is -2.43. The summed E-state index contributed by atoms with van der Waals surface area (Å²) in [7, 11) is 0. The predicted octanol–water partition coefficient (Wildman–Crippen LogP) is 8.93. The normalized spacial score (nSPS) is 22.3. The van der Waals surface area contributed by atoms with Crippen LogP contribution in [0.25, 0.3) is 0 Å². The number of hydrogen-bond acceptors (Lipinski definition) is 4. The van der Waals surface area contributed by atoms with Crippen LogP contribution >= 0.6 is 0 Å². The van der Waals surface area contributed by atoms with Crippen LogP contribution in [0.15, 0.2) is 84.9 Å². The van der Waals surface area contributed by atoms with Crippen LogP contribution in [0.2, 0.25) is 0 Å². The van der Waals surface area contributed by atoms with Gasteiger partial charge in [0.15, 0.2) is 0 Å². The quantitative estimate of drug-likeness (QED) is 0.0840. The lowest BCUT2D eigenvalue weighted by atomic mass is 9.94. The monoisotopic (exact) mass is 760 g/mol. The van der Waals surface area contributed by atoms with Gasteiger partial charge in [-0.05, 0) is 54.7 Å². The van der Waals surface area contributed by atoms with Gasteiger partial charge in [0.05, 0.1) is 11.8 Å². The van der Waals surface area contributed by atoms with Gasteiger partial charge in [-0.15, -0.1) is 0 Å². The molecule has 3 aliphatic rings. The Morgan fingerprint density at radius 2 is 0.946 bits per heavy atom. The van der Waals surface area contributed by atoms with Gasteiger partial charge in [0.25, 0.3) is 11.8 Å². The molecule has 8 nitrogen and oxygen atoms in total. The minimum absolute atomic E-state index is 0.0253. The molecule has 6 atom stereocenters. The van der Waals surface area contributed by atoms with Crippen molar-refractivity contribution in [3.8, 4) is 0 Å². The van der Waals surface area contributed by atoms with Crippen LogP contribution in [0.5, 0.6) is 0 Å². The Hall–Kier alpha value is -4.46. The molecule has 0 spiro atoms. The van der Waals surface area contributed by atoms with Crippen LogP contribution in [0, 0.1) is 11.8 Å². The SMILES string of the molecule is CCCCCCCCCCCCCCCCNC(=O)c1ccc(C(=O)N2C[C@@H](C(=O)N[C@H]3C[C@@H]3c3ccccc3)[C@H](C(=O)N[C@H]3C[C@@H]3c3ccccc3)C2)cc1. The highest BCUT2D eigenvalue weighted by Gasteiger charge is 2.48. The largest absolute Gasteiger partial charge is 0.352 e. The third kappa shape index (κ3) is 12.0. The summed E-state index contributed by atoms with van der Waals surface area (Å²) < 4.78 is 0. The average Bonchev–Trinajstić information content (AvgIpc) is 4.14. The van der Waals surface area contributed by atoms with Gasteiger partial charge >= 0.3 is 0 Å². The molecule has 300 valence electrons. The van der Waals surface area contributed by atoms with E-state index in [9.17, 15) is 19.2 Å². The Morgan fingerprint density at radius 1 is 0.536 bits per heavy atom. The van der Waals surface area contributed by atoms with E-state index in [1.54, 1.807) is 29.2 Å². The van der Waals surface area contributed by atoms with E-state index in [1.807, 2.05) is 36.4 Å². The fourth-order valence-corrected chi connectivity index (χ4v) is 8.50. The van der Waals surface area contributed by atoms with Crippen molar-refractivity contribution in [2.24, 2.45) is 11.8 Å². The average molecular weight is 761 g/mol.